The summed E-state index contributed by atoms with van der Waals surface area (Å²) in [6.07, 6.45) is 6.14. The first-order chi connectivity index (χ1) is 16.6. The van der Waals surface area contributed by atoms with Crippen LogP contribution in [0, 0.1) is 11.8 Å². The molecule has 0 saturated carbocycles. The Balaban J connectivity index is 1.26. The van der Waals surface area contributed by atoms with E-state index in [0.717, 1.165) is 44.5 Å². The molecule has 34 heavy (non-hydrogen) atoms. The normalized spacial score (nSPS) is 24.5. The molecule has 2 aromatic rings. The van der Waals surface area contributed by atoms with Crippen LogP contribution in [0.15, 0.2) is 48.5 Å². The smallest absolute Gasteiger partial charge is 0.228 e. The zero-order chi connectivity index (χ0) is 23.3. The van der Waals surface area contributed by atoms with E-state index in [-0.39, 0.29) is 29.8 Å². The van der Waals surface area contributed by atoms with Gasteiger partial charge in [-0.05, 0) is 67.3 Å². The van der Waals surface area contributed by atoms with Gasteiger partial charge >= 0.3 is 0 Å². The van der Waals surface area contributed by atoms with Gasteiger partial charge in [-0.2, -0.15) is 0 Å². The summed E-state index contributed by atoms with van der Waals surface area (Å²) in [5.74, 6) is -0.407. The van der Waals surface area contributed by atoms with Crippen LogP contribution in [0.5, 0.6) is 0 Å². The lowest BCUT2D eigenvalue weighted by atomic mass is 9.87. The first-order valence-electron chi connectivity index (χ1n) is 12.7. The van der Waals surface area contributed by atoms with Gasteiger partial charge < -0.3 is 15.4 Å². The van der Waals surface area contributed by atoms with E-state index in [2.05, 4.69) is 39.8 Å². The number of anilines is 1. The molecule has 180 valence electrons. The molecule has 0 radical (unpaired) electrons. The number of fused-ring (bicyclic) bond motifs is 1. The molecule has 6 heteroatoms. The van der Waals surface area contributed by atoms with E-state index in [1.165, 1.54) is 23.1 Å². The highest BCUT2D eigenvalue weighted by atomic mass is 16.5. The lowest BCUT2D eigenvalue weighted by molar-refractivity contribution is -0.130. The molecule has 2 N–H and O–H groups in total. The second-order valence-electron chi connectivity index (χ2n) is 10.0. The summed E-state index contributed by atoms with van der Waals surface area (Å²) in [6, 6.07) is 16.5. The number of ether oxygens (including phenoxy) is 1. The number of rotatable bonds is 7. The molecule has 2 fully saturated rings. The fourth-order valence-electron chi connectivity index (χ4n) is 5.60. The van der Waals surface area contributed by atoms with E-state index < -0.39 is 0 Å². The van der Waals surface area contributed by atoms with Gasteiger partial charge in [0.1, 0.15) is 0 Å². The zero-order valence-corrected chi connectivity index (χ0v) is 19.8. The van der Waals surface area contributed by atoms with Gasteiger partial charge in [-0.25, -0.2) is 0 Å². The van der Waals surface area contributed by atoms with E-state index in [0.29, 0.717) is 26.1 Å². The maximum Gasteiger partial charge on any atom is 0.228 e. The minimum atomic E-state index is -0.232. The molecular formula is C28H35N3O3. The van der Waals surface area contributed by atoms with Crippen LogP contribution in [0.1, 0.15) is 42.4 Å². The Hall–Kier alpha value is -2.70. The molecule has 1 aliphatic carbocycles. The number of hydrogen-bond donors (Lipinski definition) is 2. The molecule has 2 aliphatic heterocycles. The van der Waals surface area contributed by atoms with Gasteiger partial charge in [-0.15, -0.1) is 0 Å². The molecule has 2 amide bonds. The number of piperidine rings is 1. The minimum Gasteiger partial charge on any atom is -0.376 e. The highest BCUT2D eigenvalue weighted by molar-refractivity contribution is 5.93. The predicted molar refractivity (Wildman–Crippen MR) is 132 cm³/mol. The standard InChI is InChI=1S/C28H35N3O3/c32-27(29-16-26-10-5-13-34-26)23-14-24(19-31(18-23)17-20-6-2-1-3-7-20)28(33)30-25-12-11-21-8-4-9-22(21)15-25/h1-3,6-7,11-12,15,23-24,26H,4-5,8-10,13-14,16-19H2,(H,29,32)(H,30,33)/t23-,24+,26?/m0/s1. The molecule has 0 aromatic heterocycles. The van der Waals surface area contributed by atoms with Crippen molar-refractivity contribution in [2.75, 3.05) is 31.6 Å². The molecule has 2 heterocycles. The number of benzene rings is 2. The van der Waals surface area contributed by atoms with Crippen LogP contribution >= 0.6 is 0 Å². The number of nitrogens with zero attached hydrogens (tertiary/aromatic N) is 1. The number of amides is 2. The fraction of sp³-hybridized carbons (Fsp3) is 0.500. The van der Waals surface area contributed by atoms with E-state index in [9.17, 15) is 9.59 Å². The Morgan fingerprint density at radius 2 is 1.74 bits per heavy atom. The Bertz CT molecular complexity index is 1000. The van der Waals surface area contributed by atoms with Crippen molar-refractivity contribution in [2.45, 2.75) is 51.2 Å². The number of aryl methyl sites for hydroxylation is 2. The third-order valence-electron chi connectivity index (χ3n) is 7.41. The molecule has 0 spiro atoms. The number of nitrogens with one attached hydrogen (secondary N) is 2. The first kappa shape index (κ1) is 23.1. The van der Waals surface area contributed by atoms with Crippen molar-refractivity contribution in [3.05, 3.63) is 65.2 Å². The average molecular weight is 462 g/mol. The van der Waals surface area contributed by atoms with E-state index in [1.807, 2.05) is 24.3 Å². The van der Waals surface area contributed by atoms with Crippen molar-refractivity contribution in [3.63, 3.8) is 0 Å². The Morgan fingerprint density at radius 1 is 0.941 bits per heavy atom. The van der Waals surface area contributed by atoms with E-state index in [4.69, 9.17) is 4.74 Å². The lowest BCUT2D eigenvalue weighted by Crippen LogP contribution is -2.49. The van der Waals surface area contributed by atoms with E-state index in [1.54, 1.807) is 0 Å². The van der Waals surface area contributed by atoms with Crippen molar-refractivity contribution in [2.24, 2.45) is 11.8 Å². The molecule has 3 atom stereocenters. The van der Waals surface area contributed by atoms with Gasteiger partial charge in [-0.3, -0.25) is 14.5 Å². The van der Waals surface area contributed by atoms with Gasteiger partial charge in [0.05, 0.1) is 17.9 Å². The van der Waals surface area contributed by atoms with Crippen LogP contribution in [0.4, 0.5) is 5.69 Å². The zero-order valence-electron chi connectivity index (χ0n) is 19.8. The van der Waals surface area contributed by atoms with Crippen LogP contribution in [0.25, 0.3) is 0 Å². The van der Waals surface area contributed by atoms with Crippen LogP contribution in [-0.2, 0) is 33.7 Å². The molecule has 2 aromatic carbocycles. The molecule has 3 aliphatic rings. The number of hydrogen-bond acceptors (Lipinski definition) is 4. The Morgan fingerprint density at radius 3 is 2.53 bits per heavy atom. The van der Waals surface area contributed by atoms with Crippen molar-refractivity contribution >= 4 is 17.5 Å². The SMILES string of the molecule is O=C(NCC1CCCO1)[C@H]1C[C@@H](C(=O)Nc2ccc3c(c2)CCC3)CN(Cc2ccccc2)C1. The van der Waals surface area contributed by atoms with Gasteiger partial charge in [0, 0.05) is 38.5 Å². The number of likely N-dealkylation sites (tertiary alicyclic amines) is 1. The van der Waals surface area contributed by atoms with Crippen LogP contribution in [0.2, 0.25) is 0 Å². The predicted octanol–water partition coefficient (Wildman–Crippen LogP) is 3.55. The molecule has 2 saturated heterocycles. The fourth-order valence-corrected chi connectivity index (χ4v) is 5.60. The molecule has 5 rings (SSSR count). The van der Waals surface area contributed by atoms with Gasteiger partial charge in [-0.1, -0.05) is 36.4 Å². The lowest BCUT2D eigenvalue weighted by Gasteiger charge is -2.36. The Kier molecular flexibility index (Phi) is 7.26. The van der Waals surface area contributed by atoms with Crippen molar-refractivity contribution in [1.82, 2.24) is 10.2 Å². The average Bonchev–Trinajstić information content (AvgIpc) is 3.55. The third kappa shape index (κ3) is 5.68. The van der Waals surface area contributed by atoms with Crippen molar-refractivity contribution < 1.29 is 14.3 Å². The molecular weight excluding hydrogens is 426 g/mol. The Labute approximate surface area is 202 Å². The van der Waals surface area contributed by atoms with Gasteiger partial charge in [0.2, 0.25) is 11.8 Å². The second kappa shape index (κ2) is 10.7. The summed E-state index contributed by atoms with van der Waals surface area (Å²) in [4.78, 5) is 28.6. The first-order valence-corrected chi connectivity index (χ1v) is 12.7. The summed E-state index contributed by atoms with van der Waals surface area (Å²) in [5.41, 5.74) is 4.80. The van der Waals surface area contributed by atoms with Crippen LogP contribution in [0.3, 0.4) is 0 Å². The molecule has 1 unspecified atom stereocenters. The van der Waals surface area contributed by atoms with Crippen LogP contribution in [-0.4, -0.2) is 49.1 Å². The largest absolute Gasteiger partial charge is 0.376 e. The molecule has 6 nitrogen and oxygen atoms in total. The van der Waals surface area contributed by atoms with Gasteiger partial charge in [0.25, 0.3) is 0 Å². The van der Waals surface area contributed by atoms with Crippen molar-refractivity contribution in [3.8, 4) is 0 Å². The quantitative estimate of drug-likeness (QED) is 0.662. The monoisotopic (exact) mass is 461 g/mol. The number of carbonyl (C=O) groups excluding carboxylic acids is 2. The highest BCUT2D eigenvalue weighted by Gasteiger charge is 2.35. The maximum absolute atomic E-state index is 13.3. The summed E-state index contributed by atoms with van der Waals surface area (Å²) >= 11 is 0. The minimum absolute atomic E-state index is 0.00707. The van der Waals surface area contributed by atoms with Crippen molar-refractivity contribution in [1.29, 1.82) is 0 Å². The van der Waals surface area contributed by atoms with E-state index >= 15 is 0 Å². The summed E-state index contributed by atoms with van der Waals surface area (Å²) in [5, 5.41) is 6.24. The third-order valence-corrected chi connectivity index (χ3v) is 7.41. The summed E-state index contributed by atoms with van der Waals surface area (Å²) in [7, 11) is 0. The summed E-state index contributed by atoms with van der Waals surface area (Å²) in [6.45, 7) is 3.38. The van der Waals surface area contributed by atoms with Gasteiger partial charge in [0.15, 0.2) is 0 Å². The summed E-state index contributed by atoms with van der Waals surface area (Å²) < 4.78 is 5.66. The number of carbonyl (C=O) groups is 2. The maximum atomic E-state index is 13.3. The van der Waals surface area contributed by atoms with Crippen LogP contribution < -0.4 is 10.6 Å². The highest BCUT2D eigenvalue weighted by Crippen LogP contribution is 2.28. The molecule has 0 bridgehead atoms. The topological polar surface area (TPSA) is 70.7 Å². The second-order valence-corrected chi connectivity index (χ2v) is 10.0.